The van der Waals surface area contributed by atoms with E-state index in [1.165, 1.54) is 0 Å². The van der Waals surface area contributed by atoms with Crippen LogP contribution in [0.5, 0.6) is 0 Å². The third-order valence-corrected chi connectivity index (χ3v) is 8.65. The van der Waals surface area contributed by atoms with Crippen molar-refractivity contribution in [2.75, 3.05) is 58.0 Å². The number of piperidine rings is 1. The molecule has 0 radical (unpaired) electrons. The van der Waals surface area contributed by atoms with E-state index in [9.17, 15) is 24.0 Å². The smallest absolute Gasteiger partial charge is 0.312 e. The highest BCUT2D eigenvalue weighted by atomic mass is 79.9. The van der Waals surface area contributed by atoms with Gasteiger partial charge in [-0.25, -0.2) is 4.79 Å². The number of likely N-dealkylation sites (tertiary alicyclic amines) is 1. The zero-order valence-electron chi connectivity index (χ0n) is 28.6. The number of alkyl halides is 1. The molecule has 4 atom stereocenters. The quantitative estimate of drug-likeness (QED) is 0.0715. The van der Waals surface area contributed by atoms with E-state index in [1.54, 1.807) is 26.0 Å². The van der Waals surface area contributed by atoms with Gasteiger partial charge in [-0.2, -0.15) is 0 Å². The molecule has 2 rings (SSSR count). The Kier molecular flexibility index (Phi) is 19.1. The molecule has 1 saturated heterocycles. The largest absolute Gasteiger partial charge is 0.466 e. The number of nitrogens with zero attached hydrogens (tertiary/aromatic N) is 1. The number of carbonyl (C=O) groups is 5. The van der Waals surface area contributed by atoms with Crippen molar-refractivity contribution >= 4 is 51.3 Å². The predicted octanol–water partition coefficient (Wildman–Crippen LogP) is 2.29. The first-order chi connectivity index (χ1) is 22.9. The van der Waals surface area contributed by atoms with Gasteiger partial charge in [-0.15, -0.1) is 0 Å². The summed E-state index contributed by atoms with van der Waals surface area (Å²) < 4.78 is 16.3. The van der Waals surface area contributed by atoms with Crippen molar-refractivity contribution < 1.29 is 38.2 Å². The summed E-state index contributed by atoms with van der Waals surface area (Å²) in [6.07, 6.45) is 2.14. The summed E-state index contributed by atoms with van der Waals surface area (Å²) in [6, 6.07) is 5.00. The van der Waals surface area contributed by atoms with E-state index in [1.807, 2.05) is 19.1 Å². The van der Waals surface area contributed by atoms with Crippen LogP contribution in [0.15, 0.2) is 24.3 Å². The molecule has 1 aromatic carbocycles. The van der Waals surface area contributed by atoms with Crippen molar-refractivity contribution in [1.82, 2.24) is 20.9 Å². The second-order valence-corrected chi connectivity index (χ2v) is 12.7. The molecule has 1 heterocycles. The number of carbonyl (C=O) groups excluding carboxylic acids is 5. The van der Waals surface area contributed by atoms with Crippen LogP contribution in [0.25, 0.3) is 0 Å². The minimum Gasteiger partial charge on any atom is -0.466 e. The molecule has 5 amide bonds. The molecule has 15 heteroatoms. The van der Waals surface area contributed by atoms with Crippen LogP contribution in [0.3, 0.4) is 0 Å². The predicted molar refractivity (Wildman–Crippen MR) is 185 cm³/mol. The molecule has 0 bridgehead atoms. The topological polar surface area (TPSA) is 190 Å². The van der Waals surface area contributed by atoms with Crippen molar-refractivity contribution in [3.63, 3.8) is 0 Å². The van der Waals surface area contributed by atoms with Gasteiger partial charge in [0.15, 0.2) is 0 Å². The fourth-order valence-corrected chi connectivity index (χ4v) is 5.67. The maximum absolute atomic E-state index is 13.3. The maximum atomic E-state index is 13.3. The van der Waals surface area contributed by atoms with Crippen LogP contribution in [0, 0.1) is 11.8 Å². The van der Waals surface area contributed by atoms with Gasteiger partial charge >= 0.3 is 12.0 Å². The number of halogens is 1. The van der Waals surface area contributed by atoms with Gasteiger partial charge in [0.25, 0.3) is 0 Å². The highest BCUT2D eigenvalue weighted by Crippen LogP contribution is 2.23. The molecular weight excluding hydrogens is 688 g/mol. The minimum atomic E-state index is -0.929. The third kappa shape index (κ3) is 15.3. The lowest BCUT2D eigenvalue weighted by atomic mass is 9.92. The number of nitrogens with two attached hydrogens (primary N) is 1. The molecule has 14 nitrogen and oxygen atoms in total. The molecule has 0 aromatic heterocycles. The number of anilines is 1. The van der Waals surface area contributed by atoms with E-state index >= 15 is 0 Å². The Morgan fingerprint density at radius 2 is 1.73 bits per heavy atom. The zero-order chi connectivity index (χ0) is 35.5. The van der Waals surface area contributed by atoms with Crippen LogP contribution >= 0.6 is 15.9 Å². The van der Waals surface area contributed by atoms with Gasteiger partial charge in [-0.05, 0) is 69.7 Å². The summed E-state index contributed by atoms with van der Waals surface area (Å²) >= 11 is 3.39. The number of benzene rings is 1. The lowest BCUT2D eigenvalue weighted by Crippen LogP contribution is -2.55. The van der Waals surface area contributed by atoms with Gasteiger partial charge in [0.2, 0.25) is 17.7 Å². The number of urea groups is 1. The van der Waals surface area contributed by atoms with E-state index in [0.29, 0.717) is 37.3 Å². The SMILES string of the molecule is CCOC(=O)[C@H]1CCN(CCOCCOCC(=O)N[C@H](C(=O)N[C@@H](CCCNC(N)=O)C(=O)Nc2ccc(CBr)cc2)C(C)C)[C@@H](C)C1. The van der Waals surface area contributed by atoms with E-state index in [-0.39, 0.29) is 50.0 Å². The third-order valence-electron chi connectivity index (χ3n) is 8.00. The number of nitrogens with one attached hydrogen (secondary N) is 4. The van der Waals surface area contributed by atoms with E-state index in [4.69, 9.17) is 19.9 Å². The van der Waals surface area contributed by atoms with Crippen LogP contribution in [0.4, 0.5) is 10.5 Å². The molecule has 0 unspecified atom stereocenters. The number of amides is 5. The number of esters is 1. The van der Waals surface area contributed by atoms with Gasteiger partial charge in [0.05, 0.1) is 32.3 Å². The fourth-order valence-electron chi connectivity index (χ4n) is 5.30. The van der Waals surface area contributed by atoms with Crippen LogP contribution in [-0.4, -0.2) is 105 Å². The monoisotopic (exact) mass is 740 g/mol. The Hall–Kier alpha value is -3.27. The van der Waals surface area contributed by atoms with Crippen molar-refractivity contribution in [3.05, 3.63) is 29.8 Å². The van der Waals surface area contributed by atoms with Crippen molar-refractivity contribution in [2.45, 2.75) is 76.8 Å². The van der Waals surface area contributed by atoms with Gasteiger partial charge in [0, 0.05) is 30.1 Å². The van der Waals surface area contributed by atoms with Crippen LogP contribution in [0.2, 0.25) is 0 Å². The number of primary amides is 1. The van der Waals surface area contributed by atoms with Crippen LogP contribution in [0.1, 0.15) is 58.9 Å². The molecule has 0 spiro atoms. The van der Waals surface area contributed by atoms with Crippen molar-refractivity contribution in [3.8, 4) is 0 Å². The van der Waals surface area contributed by atoms with E-state index in [2.05, 4.69) is 49.0 Å². The van der Waals surface area contributed by atoms with Gasteiger partial charge in [-0.1, -0.05) is 41.9 Å². The second kappa shape index (κ2) is 22.4. The number of hydrogen-bond acceptors (Lipinski definition) is 9. The Morgan fingerprint density at radius 3 is 2.35 bits per heavy atom. The summed E-state index contributed by atoms with van der Waals surface area (Å²) in [5.74, 6) is -1.86. The summed E-state index contributed by atoms with van der Waals surface area (Å²) in [7, 11) is 0. The standard InChI is InChI=1S/C33H53BrN6O8/c1-5-48-32(44)25-12-14-40(23(4)19-25)15-16-46-17-18-47-21-28(41)39-29(22(2)3)31(43)38-27(7-6-13-36-33(35)45)30(42)37-26-10-8-24(20-34)9-11-26/h8-11,22-23,25,27,29H,5-7,12-21H2,1-4H3,(H,37,42)(H,38,43)(H,39,41)(H3,35,36,45)/t23-,25-,27-,29-/m0/s1. The Morgan fingerprint density at radius 1 is 1.02 bits per heavy atom. The summed E-state index contributed by atoms with van der Waals surface area (Å²) in [4.78, 5) is 64.5. The molecular formula is C33H53BrN6O8. The number of ether oxygens (including phenoxy) is 3. The van der Waals surface area contributed by atoms with Gasteiger partial charge in [-0.3, -0.25) is 24.1 Å². The maximum Gasteiger partial charge on any atom is 0.312 e. The molecule has 1 fully saturated rings. The van der Waals surface area contributed by atoms with Crippen molar-refractivity contribution in [2.24, 2.45) is 17.6 Å². The lowest BCUT2D eigenvalue weighted by molar-refractivity contribution is -0.150. The molecule has 48 heavy (non-hydrogen) atoms. The Labute approximate surface area is 292 Å². The highest BCUT2D eigenvalue weighted by molar-refractivity contribution is 9.08. The highest BCUT2D eigenvalue weighted by Gasteiger charge is 2.31. The molecule has 1 aliphatic rings. The summed E-state index contributed by atoms with van der Waals surface area (Å²) in [6.45, 7) is 10.4. The Bertz CT molecular complexity index is 1170. The first kappa shape index (κ1) is 40.9. The number of rotatable bonds is 21. The normalized spacial score (nSPS) is 17.6. The van der Waals surface area contributed by atoms with Crippen molar-refractivity contribution in [1.29, 1.82) is 0 Å². The number of hydrogen-bond donors (Lipinski definition) is 5. The minimum absolute atomic E-state index is 0.0522. The van der Waals surface area contributed by atoms with Crippen LogP contribution < -0.4 is 27.0 Å². The average molecular weight is 742 g/mol. The molecule has 0 aliphatic carbocycles. The summed E-state index contributed by atoms with van der Waals surface area (Å²) in [5, 5.41) is 11.4. The second-order valence-electron chi connectivity index (χ2n) is 12.1. The average Bonchev–Trinajstić information content (AvgIpc) is 3.05. The summed E-state index contributed by atoms with van der Waals surface area (Å²) in [5.41, 5.74) is 6.75. The van der Waals surface area contributed by atoms with Crippen LogP contribution in [-0.2, 0) is 38.7 Å². The Balaban J connectivity index is 1.78. The van der Waals surface area contributed by atoms with Gasteiger partial charge < -0.3 is 41.2 Å². The first-order valence-corrected chi connectivity index (χ1v) is 17.7. The molecule has 1 aliphatic heterocycles. The van der Waals surface area contributed by atoms with Gasteiger partial charge in [0.1, 0.15) is 18.7 Å². The zero-order valence-corrected chi connectivity index (χ0v) is 30.1. The van der Waals surface area contributed by atoms with E-state index in [0.717, 1.165) is 31.5 Å². The molecule has 270 valence electrons. The fraction of sp³-hybridized carbons (Fsp3) is 0.667. The molecule has 1 aromatic rings. The first-order valence-electron chi connectivity index (χ1n) is 16.6. The van der Waals surface area contributed by atoms with E-state index < -0.39 is 35.8 Å². The molecule has 6 N–H and O–H groups in total. The lowest BCUT2D eigenvalue weighted by Gasteiger charge is -2.36. The molecule has 0 saturated carbocycles.